The van der Waals surface area contributed by atoms with Gasteiger partial charge in [-0.1, -0.05) is 66.4 Å². The SMILES string of the molecule is O=C(CCSc1nnc(CNc2cccc3ccccc23)n1-c1ccccc1)Nc1ccc2c(c1)OCO2. The van der Waals surface area contributed by atoms with Crippen LogP contribution in [0.5, 0.6) is 11.5 Å². The highest BCUT2D eigenvalue weighted by Crippen LogP contribution is 2.34. The van der Waals surface area contributed by atoms with Crippen LogP contribution in [0.3, 0.4) is 0 Å². The summed E-state index contributed by atoms with van der Waals surface area (Å²) in [7, 11) is 0. The number of thioether (sulfide) groups is 1. The first-order valence-electron chi connectivity index (χ1n) is 12.3. The molecule has 1 amide bonds. The molecular weight excluding hydrogens is 498 g/mol. The minimum absolute atomic E-state index is 0.0833. The van der Waals surface area contributed by atoms with E-state index in [-0.39, 0.29) is 12.7 Å². The number of carbonyl (C=O) groups excluding carboxylic acids is 1. The zero-order valence-corrected chi connectivity index (χ0v) is 21.3. The van der Waals surface area contributed by atoms with Gasteiger partial charge in [-0.3, -0.25) is 9.36 Å². The van der Waals surface area contributed by atoms with Crippen LogP contribution in [0, 0.1) is 0 Å². The van der Waals surface area contributed by atoms with E-state index in [1.54, 1.807) is 18.2 Å². The summed E-state index contributed by atoms with van der Waals surface area (Å²) in [5, 5.41) is 18.5. The third-order valence-electron chi connectivity index (χ3n) is 6.16. The fraction of sp³-hybridized carbons (Fsp3) is 0.138. The number of amides is 1. The van der Waals surface area contributed by atoms with Crippen LogP contribution in [0.15, 0.2) is 96.2 Å². The largest absolute Gasteiger partial charge is 0.454 e. The summed E-state index contributed by atoms with van der Waals surface area (Å²) in [4.78, 5) is 12.6. The number of carbonyl (C=O) groups is 1. The quantitative estimate of drug-likeness (QED) is 0.233. The molecule has 0 radical (unpaired) electrons. The number of ether oxygens (including phenoxy) is 2. The summed E-state index contributed by atoms with van der Waals surface area (Å²) < 4.78 is 12.8. The van der Waals surface area contributed by atoms with E-state index in [1.807, 2.05) is 53.1 Å². The van der Waals surface area contributed by atoms with Gasteiger partial charge < -0.3 is 20.1 Å². The van der Waals surface area contributed by atoms with Crippen molar-refractivity contribution in [2.45, 2.75) is 18.1 Å². The molecule has 0 unspecified atom stereocenters. The highest BCUT2D eigenvalue weighted by atomic mass is 32.2. The lowest BCUT2D eigenvalue weighted by atomic mass is 10.1. The third kappa shape index (κ3) is 5.14. The zero-order chi connectivity index (χ0) is 25.7. The molecule has 6 rings (SSSR count). The summed E-state index contributed by atoms with van der Waals surface area (Å²) in [5.41, 5.74) is 2.69. The summed E-state index contributed by atoms with van der Waals surface area (Å²) in [6, 6.07) is 29.9. The standard InChI is InChI=1S/C29H25N5O3S/c35-28(31-21-13-14-25-26(17-21)37-19-36-25)15-16-38-29-33-32-27(34(29)22-9-2-1-3-10-22)18-30-24-12-6-8-20-7-4-5-11-23(20)24/h1-14,17,30H,15-16,18-19H2,(H,31,35). The molecule has 2 N–H and O–H groups in total. The Morgan fingerprint density at radius 3 is 2.63 bits per heavy atom. The first-order chi connectivity index (χ1) is 18.7. The molecule has 0 spiro atoms. The Labute approximate surface area is 224 Å². The van der Waals surface area contributed by atoms with Crippen molar-refractivity contribution in [1.82, 2.24) is 14.8 Å². The normalized spacial score (nSPS) is 12.0. The lowest BCUT2D eigenvalue weighted by molar-refractivity contribution is -0.115. The molecular formula is C29H25N5O3S. The van der Waals surface area contributed by atoms with Crippen molar-refractivity contribution in [2.75, 3.05) is 23.2 Å². The minimum atomic E-state index is -0.0833. The molecule has 8 nitrogen and oxygen atoms in total. The second-order valence-electron chi connectivity index (χ2n) is 8.66. The number of benzene rings is 4. The van der Waals surface area contributed by atoms with Gasteiger partial charge in [0.15, 0.2) is 22.5 Å². The molecule has 0 bridgehead atoms. The Morgan fingerprint density at radius 1 is 0.895 bits per heavy atom. The van der Waals surface area contributed by atoms with Gasteiger partial charge >= 0.3 is 0 Å². The second kappa shape index (κ2) is 10.9. The summed E-state index contributed by atoms with van der Waals surface area (Å²) in [6.45, 7) is 0.700. The van der Waals surface area contributed by atoms with Crippen molar-refractivity contribution >= 4 is 39.8 Å². The molecule has 1 aromatic heterocycles. The van der Waals surface area contributed by atoms with Gasteiger partial charge in [0.05, 0.1) is 6.54 Å². The van der Waals surface area contributed by atoms with Crippen molar-refractivity contribution in [3.63, 3.8) is 0 Å². The maximum absolute atomic E-state index is 12.6. The van der Waals surface area contributed by atoms with Crippen molar-refractivity contribution in [2.24, 2.45) is 0 Å². The van der Waals surface area contributed by atoms with E-state index in [2.05, 4.69) is 45.1 Å². The maximum atomic E-state index is 12.6. The number of para-hydroxylation sites is 1. The number of rotatable bonds is 9. The molecule has 190 valence electrons. The van der Waals surface area contributed by atoms with Crippen LogP contribution in [0.2, 0.25) is 0 Å². The first kappa shape index (κ1) is 23.9. The Kier molecular flexibility index (Phi) is 6.82. The molecule has 1 aliphatic heterocycles. The number of hydrogen-bond acceptors (Lipinski definition) is 7. The highest BCUT2D eigenvalue weighted by Gasteiger charge is 2.17. The lowest BCUT2D eigenvalue weighted by Gasteiger charge is -2.13. The van der Waals surface area contributed by atoms with Crippen LogP contribution < -0.4 is 20.1 Å². The van der Waals surface area contributed by atoms with Crippen LogP contribution in [0.4, 0.5) is 11.4 Å². The fourth-order valence-electron chi connectivity index (χ4n) is 4.33. The number of hydrogen-bond donors (Lipinski definition) is 2. The number of nitrogens with zero attached hydrogens (tertiary/aromatic N) is 3. The predicted octanol–water partition coefficient (Wildman–Crippen LogP) is 5.88. The molecule has 0 fully saturated rings. The molecule has 9 heteroatoms. The average molecular weight is 524 g/mol. The van der Waals surface area contributed by atoms with Crippen LogP contribution >= 0.6 is 11.8 Å². The summed E-state index contributed by atoms with van der Waals surface area (Å²) in [6.07, 6.45) is 0.324. The van der Waals surface area contributed by atoms with Gasteiger partial charge in [-0.15, -0.1) is 10.2 Å². The molecule has 2 heterocycles. The van der Waals surface area contributed by atoms with Crippen LogP contribution in [-0.2, 0) is 11.3 Å². The Balaban J connectivity index is 1.14. The first-order valence-corrected chi connectivity index (χ1v) is 13.3. The fourth-order valence-corrected chi connectivity index (χ4v) is 5.24. The van der Waals surface area contributed by atoms with Gasteiger partial charge in [-0.05, 0) is 35.7 Å². The topological polar surface area (TPSA) is 90.3 Å². The van der Waals surface area contributed by atoms with Crippen LogP contribution in [-0.4, -0.2) is 33.2 Å². The number of aromatic nitrogens is 3. The van der Waals surface area contributed by atoms with Gasteiger partial charge in [-0.25, -0.2) is 0 Å². The van der Waals surface area contributed by atoms with E-state index in [0.29, 0.717) is 35.9 Å². The van der Waals surface area contributed by atoms with Crippen molar-refractivity contribution < 1.29 is 14.3 Å². The maximum Gasteiger partial charge on any atom is 0.231 e. The molecule has 5 aromatic rings. The van der Waals surface area contributed by atoms with Crippen molar-refractivity contribution in [1.29, 1.82) is 0 Å². The van der Waals surface area contributed by atoms with Gasteiger partial charge in [0.1, 0.15) is 0 Å². The minimum Gasteiger partial charge on any atom is -0.454 e. The van der Waals surface area contributed by atoms with Crippen molar-refractivity contribution in [3.8, 4) is 17.2 Å². The van der Waals surface area contributed by atoms with E-state index < -0.39 is 0 Å². The number of anilines is 2. The Hall–Kier alpha value is -4.50. The van der Waals surface area contributed by atoms with E-state index in [0.717, 1.165) is 27.7 Å². The van der Waals surface area contributed by atoms with Crippen LogP contribution in [0.25, 0.3) is 16.5 Å². The Bertz CT molecular complexity index is 1580. The predicted molar refractivity (Wildman–Crippen MR) is 149 cm³/mol. The lowest BCUT2D eigenvalue weighted by Crippen LogP contribution is -2.12. The van der Waals surface area contributed by atoms with Gasteiger partial charge in [0, 0.05) is 40.7 Å². The average Bonchev–Trinajstić information content (AvgIpc) is 3.59. The molecule has 4 aromatic carbocycles. The monoisotopic (exact) mass is 523 g/mol. The zero-order valence-electron chi connectivity index (χ0n) is 20.5. The molecule has 0 saturated carbocycles. The molecule has 0 saturated heterocycles. The van der Waals surface area contributed by atoms with E-state index in [4.69, 9.17) is 9.47 Å². The van der Waals surface area contributed by atoms with Gasteiger partial charge in [0.25, 0.3) is 0 Å². The molecule has 38 heavy (non-hydrogen) atoms. The molecule has 0 atom stereocenters. The second-order valence-corrected chi connectivity index (χ2v) is 9.73. The number of fused-ring (bicyclic) bond motifs is 2. The van der Waals surface area contributed by atoms with Gasteiger partial charge in [0.2, 0.25) is 12.7 Å². The van der Waals surface area contributed by atoms with Crippen molar-refractivity contribution in [3.05, 3.63) is 96.8 Å². The molecule has 0 aliphatic carbocycles. The smallest absolute Gasteiger partial charge is 0.231 e. The molecule has 1 aliphatic rings. The van der Waals surface area contributed by atoms with E-state index in [1.165, 1.54) is 17.1 Å². The Morgan fingerprint density at radius 2 is 1.71 bits per heavy atom. The van der Waals surface area contributed by atoms with E-state index in [9.17, 15) is 4.79 Å². The highest BCUT2D eigenvalue weighted by molar-refractivity contribution is 7.99. The number of nitrogens with one attached hydrogen (secondary N) is 2. The van der Waals surface area contributed by atoms with Crippen LogP contribution in [0.1, 0.15) is 12.2 Å². The summed E-state index contributed by atoms with van der Waals surface area (Å²) in [5.74, 6) is 2.58. The van der Waals surface area contributed by atoms with Gasteiger partial charge in [-0.2, -0.15) is 0 Å². The third-order valence-corrected chi connectivity index (χ3v) is 7.09. The summed E-state index contributed by atoms with van der Waals surface area (Å²) >= 11 is 1.50. The van der Waals surface area contributed by atoms with E-state index >= 15 is 0 Å².